The molecule has 136 valence electrons. The van der Waals surface area contributed by atoms with E-state index < -0.39 is 11.4 Å². The summed E-state index contributed by atoms with van der Waals surface area (Å²) in [6.07, 6.45) is 10.6. The van der Waals surface area contributed by atoms with Crippen molar-refractivity contribution in [1.29, 1.82) is 0 Å². The summed E-state index contributed by atoms with van der Waals surface area (Å²) in [7, 11) is 0. The Morgan fingerprint density at radius 3 is 2.60 bits per heavy atom. The van der Waals surface area contributed by atoms with Crippen LogP contribution in [-0.2, 0) is 6.42 Å². The SMILES string of the molecule is C=CCOc1ccc2cc(CCCCCCCCC)oc(=O)c2c1F. The topological polar surface area (TPSA) is 39.4 Å². The maximum absolute atomic E-state index is 14.4. The molecule has 0 saturated carbocycles. The molecule has 0 amide bonds. The average molecular weight is 346 g/mol. The van der Waals surface area contributed by atoms with Gasteiger partial charge in [0.1, 0.15) is 17.8 Å². The number of ether oxygens (including phenoxy) is 1. The van der Waals surface area contributed by atoms with Gasteiger partial charge in [0.25, 0.3) is 0 Å². The van der Waals surface area contributed by atoms with Crippen molar-refractivity contribution < 1.29 is 13.5 Å². The van der Waals surface area contributed by atoms with Crippen LogP contribution in [0, 0.1) is 5.82 Å². The zero-order chi connectivity index (χ0) is 18.1. The highest BCUT2D eigenvalue weighted by atomic mass is 19.1. The van der Waals surface area contributed by atoms with Crippen molar-refractivity contribution >= 4 is 10.8 Å². The van der Waals surface area contributed by atoms with E-state index in [4.69, 9.17) is 9.15 Å². The van der Waals surface area contributed by atoms with E-state index in [-0.39, 0.29) is 17.7 Å². The number of hydrogen-bond acceptors (Lipinski definition) is 3. The van der Waals surface area contributed by atoms with E-state index in [0.717, 1.165) is 12.8 Å². The predicted octanol–water partition coefficient (Wildman–Crippen LogP) is 5.79. The van der Waals surface area contributed by atoms with Gasteiger partial charge in [-0.2, -0.15) is 0 Å². The third-order valence-corrected chi connectivity index (χ3v) is 4.27. The number of aryl methyl sites for hydroxylation is 1. The Hall–Kier alpha value is -2.10. The molecule has 0 aliphatic heterocycles. The van der Waals surface area contributed by atoms with Crippen LogP contribution in [0.15, 0.2) is 40.1 Å². The Balaban J connectivity index is 2.01. The van der Waals surface area contributed by atoms with Crippen molar-refractivity contribution in [3.05, 3.63) is 52.9 Å². The van der Waals surface area contributed by atoms with Gasteiger partial charge in [-0.05, 0) is 23.9 Å². The molecule has 0 radical (unpaired) electrons. The molecule has 0 aliphatic rings. The minimum Gasteiger partial charge on any atom is -0.486 e. The summed E-state index contributed by atoms with van der Waals surface area (Å²) < 4.78 is 24.9. The molecular weight excluding hydrogens is 319 g/mol. The smallest absolute Gasteiger partial charge is 0.346 e. The largest absolute Gasteiger partial charge is 0.486 e. The molecule has 0 unspecified atom stereocenters. The van der Waals surface area contributed by atoms with Gasteiger partial charge in [-0.15, -0.1) is 0 Å². The Morgan fingerprint density at radius 1 is 1.16 bits per heavy atom. The third kappa shape index (κ3) is 5.45. The van der Waals surface area contributed by atoms with E-state index in [1.807, 2.05) is 0 Å². The number of halogens is 1. The van der Waals surface area contributed by atoms with Gasteiger partial charge in [0.2, 0.25) is 0 Å². The second-order valence-electron chi connectivity index (χ2n) is 6.31. The molecule has 1 aromatic heterocycles. The van der Waals surface area contributed by atoms with E-state index in [2.05, 4.69) is 13.5 Å². The molecule has 3 nitrogen and oxygen atoms in total. The first-order valence-electron chi connectivity index (χ1n) is 9.16. The molecular formula is C21H27FO3. The lowest BCUT2D eigenvalue weighted by atomic mass is 10.1. The highest BCUT2D eigenvalue weighted by Crippen LogP contribution is 2.25. The lowest BCUT2D eigenvalue weighted by Crippen LogP contribution is -2.06. The highest BCUT2D eigenvalue weighted by molar-refractivity contribution is 5.83. The lowest BCUT2D eigenvalue weighted by Gasteiger charge is -2.08. The molecule has 4 heteroatoms. The summed E-state index contributed by atoms with van der Waals surface area (Å²) in [6, 6.07) is 4.99. The minimum absolute atomic E-state index is 0.0412. The van der Waals surface area contributed by atoms with Crippen LogP contribution < -0.4 is 10.4 Å². The first kappa shape index (κ1) is 19.2. The fourth-order valence-electron chi connectivity index (χ4n) is 2.91. The Bertz CT molecular complexity index is 749. The molecule has 2 aromatic rings. The third-order valence-electron chi connectivity index (χ3n) is 4.27. The van der Waals surface area contributed by atoms with Crippen molar-refractivity contribution in [3.8, 4) is 5.75 Å². The Kier molecular flexibility index (Phi) is 7.71. The van der Waals surface area contributed by atoms with Crippen molar-refractivity contribution in [2.75, 3.05) is 6.61 Å². The average Bonchev–Trinajstić information content (AvgIpc) is 2.60. The predicted molar refractivity (Wildman–Crippen MR) is 99.8 cm³/mol. The van der Waals surface area contributed by atoms with Crippen LogP contribution in [0.1, 0.15) is 57.6 Å². The molecule has 1 aromatic carbocycles. The van der Waals surface area contributed by atoms with Gasteiger partial charge >= 0.3 is 5.63 Å². The maximum atomic E-state index is 14.4. The van der Waals surface area contributed by atoms with Crippen molar-refractivity contribution in [3.63, 3.8) is 0 Å². The zero-order valence-corrected chi connectivity index (χ0v) is 15.0. The van der Waals surface area contributed by atoms with Crippen LogP contribution in [0.3, 0.4) is 0 Å². The lowest BCUT2D eigenvalue weighted by molar-refractivity contribution is 0.343. The molecule has 25 heavy (non-hydrogen) atoms. The normalized spacial score (nSPS) is 11.0. The first-order chi connectivity index (χ1) is 12.2. The fraction of sp³-hybridized carbons (Fsp3) is 0.476. The van der Waals surface area contributed by atoms with Crippen LogP contribution in [-0.4, -0.2) is 6.61 Å². The van der Waals surface area contributed by atoms with Gasteiger partial charge in [-0.3, -0.25) is 0 Å². The molecule has 0 spiro atoms. The molecule has 0 saturated heterocycles. The van der Waals surface area contributed by atoms with Crippen molar-refractivity contribution in [2.24, 2.45) is 0 Å². The molecule has 0 aliphatic carbocycles. The van der Waals surface area contributed by atoms with Crippen LogP contribution >= 0.6 is 0 Å². The van der Waals surface area contributed by atoms with Gasteiger partial charge < -0.3 is 9.15 Å². The summed E-state index contributed by atoms with van der Waals surface area (Å²) in [5, 5.41) is 0.502. The summed E-state index contributed by atoms with van der Waals surface area (Å²) >= 11 is 0. The summed E-state index contributed by atoms with van der Waals surface area (Å²) in [5.41, 5.74) is -0.642. The van der Waals surface area contributed by atoms with Gasteiger partial charge in [0.15, 0.2) is 11.6 Å². The van der Waals surface area contributed by atoms with Gasteiger partial charge in [-0.1, -0.05) is 64.2 Å². The standard InChI is InChI=1S/C21H27FO3/c1-3-5-6-7-8-9-10-11-17-15-16-12-13-18(24-14-4-2)20(22)19(16)21(23)25-17/h4,12-13,15H,2-3,5-11,14H2,1H3. The van der Waals surface area contributed by atoms with Crippen LogP contribution in [0.2, 0.25) is 0 Å². The summed E-state index contributed by atoms with van der Waals surface area (Å²) in [6.45, 7) is 5.92. The number of unbranched alkanes of at least 4 members (excludes halogenated alkanes) is 6. The van der Waals surface area contributed by atoms with Crippen LogP contribution in [0.25, 0.3) is 10.8 Å². The van der Waals surface area contributed by atoms with Gasteiger partial charge in [0, 0.05) is 6.42 Å². The monoisotopic (exact) mass is 346 g/mol. The summed E-state index contributed by atoms with van der Waals surface area (Å²) in [4.78, 5) is 12.2. The maximum Gasteiger partial charge on any atom is 0.346 e. The Morgan fingerprint density at radius 2 is 1.88 bits per heavy atom. The molecule has 0 bridgehead atoms. The van der Waals surface area contributed by atoms with E-state index in [1.54, 1.807) is 12.1 Å². The highest BCUT2D eigenvalue weighted by Gasteiger charge is 2.14. The molecule has 0 N–H and O–H groups in total. The number of rotatable bonds is 11. The fourth-order valence-corrected chi connectivity index (χ4v) is 2.91. The van der Waals surface area contributed by atoms with Crippen molar-refractivity contribution in [1.82, 2.24) is 0 Å². The second-order valence-corrected chi connectivity index (χ2v) is 6.31. The quantitative estimate of drug-likeness (QED) is 0.382. The van der Waals surface area contributed by atoms with Crippen LogP contribution in [0.4, 0.5) is 4.39 Å². The van der Waals surface area contributed by atoms with Crippen molar-refractivity contribution in [2.45, 2.75) is 58.3 Å². The zero-order valence-electron chi connectivity index (χ0n) is 15.0. The number of benzene rings is 1. The van der Waals surface area contributed by atoms with E-state index in [9.17, 15) is 9.18 Å². The van der Waals surface area contributed by atoms with E-state index >= 15 is 0 Å². The Labute approximate surface area is 148 Å². The molecule has 1 heterocycles. The number of fused-ring (bicyclic) bond motifs is 1. The van der Waals surface area contributed by atoms with Gasteiger partial charge in [-0.25, -0.2) is 9.18 Å². The molecule has 0 fully saturated rings. The summed E-state index contributed by atoms with van der Waals surface area (Å²) in [5.74, 6) is -0.0136. The van der Waals surface area contributed by atoms with Crippen LogP contribution in [0.5, 0.6) is 5.75 Å². The van der Waals surface area contributed by atoms with Gasteiger partial charge in [0.05, 0.1) is 0 Å². The first-order valence-corrected chi connectivity index (χ1v) is 9.16. The molecule has 2 rings (SSSR count). The number of hydrogen-bond donors (Lipinski definition) is 0. The second kappa shape index (κ2) is 10.0. The minimum atomic E-state index is -0.671. The van der Waals surface area contributed by atoms with E-state index in [0.29, 0.717) is 17.6 Å². The van der Waals surface area contributed by atoms with E-state index in [1.165, 1.54) is 44.2 Å². The molecule has 0 atom stereocenters.